The fourth-order valence-electron chi connectivity index (χ4n) is 1.55. The zero-order valence-corrected chi connectivity index (χ0v) is 10.8. The summed E-state index contributed by atoms with van der Waals surface area (Å²) in [5.41, 5.74) is 6.46. The van der Waals surface area contributed by atoms with Crippen LogP contribution in [0.15, 0.2) is 35.5 Å². The van der Waals surface area contributed by atoms with Gasteiger partial charge in [0, 0.05) is 7.05 Å². The van der Waals surface area contributed by atoms with Gasteiger partial charge in [0.05, 0.1) is 29.2 Å². The van der Waals surface area contributed by atoms with Gasteiger partial charge in [-0.25, -0.2) is 0 Å². The number of nitriles is 1. The van der Waals surface area contributed by atoms with E-state index in [-0.39, 0.29) is 16.4 Å². The van der Waals surface area contributed by atoms with Crippen LogP contribution in [0.3, 0.4) is 0 Å². The van der Waals surface area contributed by atoms with Crippen LogP contribution in [-0.2, 0) is 17.1 Å². The van der Waals surface area contributed by atoms with Crippen molar-refractivity contribution in [1.29, 1.82) is 5.26 Å². The zero-order valence-electron chi connectivity index (χ0n) is 10.0. The maximum absolute atomic E-state index is 12.1. The standard InChI is InChI=1S/C11H11N5O2S/c1-16-11(4-5-14-16)19(17,18)15-10-3-2-8(7-12)6-9(10)13/h2-6,15H,13H2,1H3. The molecule has 0 radical (unpaired) electrons. The van der Waals surface area contributed by atoms with Crippen molar-refractivity contribution in [3.05, 3.63) is 36.0 Å². The lowest BCUT2D eigenvalue weighted by molar-refractivity contribution is 0.582. The highest BCUT2D eigenvalue weighted by Gasteiger charge is 2.19. The largest absolute Gasteiger partial charge is 0.397 e. The Morgan fingerprint density at radius 2 is 2.16 bits per heavy atom. The first-order valence-electron chi connectivity index (χ1n) is 5.24. The minimum atomic E-state index is -3.76. The summed E-state index contributed by atoms with van der Waals surface area (Å²) in [7, 11) is -2.23. The first-order chi connectivity index (χ1) is 8.94. The maximum atomic E-state index is 12.1. The number of nitrogens with two attached hydrogens (primary N) is 1. The molecule has 0 aliphatic carbocycles. The lowest BCUT2D eigenvalue weighted by Crippen LogP contribution is -2.17. The number of nitrogens with one attached hydrogen (secondary N) is 1. The van der Waals surface area contributed by atoms with Crippen LogP contribution in [0.25, 0.3) is 0 Å². The molecule has 0 unspecified atom stereocenters. The van der Waals surface area contributed by atoms with E-state index >= 15 is 0 Å². The monoisotopic (exact) mass is 277 g/mol. The molecule has 0 saturated heterocycles. The lowest BCUT2D eigenvalue weighted by atomic mass is 10.2. The molecule has 0 saturated carbocycles. The number of nitrogens with zero attached hydrogens (tertiary/aromatic N) is 3. The van der Waals surface area contributed by atoms with Crippen LogP contribution in [0.2, 0.25) is 0 Å². The summed E-state index contributed by atoms with van der Waals surface area (Å²) in [6, 6.07) is 7.63. The van der Waals surface area contributed by atoms with E-state index in [0.29, 0.717) is 5.56 Å². The summed E-state index contributed by atoms with van der Waals surface area (Å²) in [6.07, 6.45) is 1.39. The van der Waals surface area contributed by atoms with E-state index in [9.17, 15) is 8.42 Å². The molecular formula is C11H11N5O2S. The highest BCUT2D eigenvalue weighted by Crippen LogP contribution is 2.22. The number of anilines is 2. The Balaban J connectivity index is 2.37. The van der Waals surface area contributed by atoms with Crippen molar-refractivity contribution >= 4 is 21.4 Å². The van der Waals surface area contributed by atoms with Gasteiger partial charge in [0.25, 0.3) is 10.0 Å². The van der Waals surface area contributed by atoms with Gasteiger partial charge in [-0.15, -0.1) is 0 Å². The van der Waals surface area contributed by atoms with Gasteiger partial charge in [0.2, 0.25) is 0 Å². The molecule has 1 aromatic heterocycles. The van der Waals surface area contributed by atoms with E-state index in [2.05, 4.69) is 9.82 Å². The van der Waals surface area contributed by atoms with E-state index in [1.807, 2.05) is 6.07 Å². The molecule has 0 aliphatic heterocycles. The fourth-order valence-corrected chi connectivity index (χ4v) is 2.76. The number of nitrogen functional groups attached to an aromatic ring is 1. The Hall–Kier alpha value is -2.53. The van der Waals surface area contributed by atoms with Crippen LogP contribution in [0.4, 0.5) is 11.4 Å². The summed E-state index contributed by atoms with van der Waals surface area (Å²) < 4.78 is 27.8. The van der Waals surface area contributed by atoms with E-state index in [4.69, 9.17) is 11.0 Å². The first-order valence-corrected chi connectivity index (χ1v) is 6.73. The van der Waals surface area contributed by atoms with Gasteiger partial charge < -0.3 is 5.73 Å². The lowest BCUT2D eigenvalue weighted by Gasteiger charge is -2.10. The van der Waals surface area contributed by atoms with Crippen molar-refractivity contribution in [1.82, 2.24) is 9.78 Å². The topological polar surface area (TPSA) is 114 Å². The number of benzene rings is 1. The Morgan fingerprint density at radius 1 is 1.42 bits per heavy atom. The molecule has 3 N–H and O–H groups in total. The Morgan fingerprint density at radius 3 is 2.68 bits per heavy atom. The summed E-state index contributed by atoms with van der Waals surface area (Å²) in [4.78, 5) is 0. The second kappa shape index (κ2) is 4.62. The molecule has 0 bridgehead atoms. The third kappa shape index (κ3) is 2.51. The molecule has 2 aromatic rings. The van der Waals surface area contributed by atoms with Crippen LogP contribution >= 0.6 is 0 Å². The van der Waals surface area contributed by atoms with E-state index in [1.54, 1.807) is 0 Å². The van der Waals surface area contributed by atoms with E-state index < -0.39 is 10.0 Å². The molecule has 1 heterocycles. The first kappa shape index (κ1) is 12.9. The molecule has 1 aromatic carbocycles. The molecule has 0 spiro atoms. The Bertz CT molecular complexity index is 758. The van der Waals surface area contributed by atoms with Crippen molar-refractivity contribution in [2.24, 2.45) is 7.05 Å². The van der Waals surface area contributed by atoms with Gasteiger partial charge in [-0.05, 0) is 24.3 Å². The number of hydrogen-bond donors (Lipinski definition) is 2. The van der Waals surface area contributed by atoms with E-state index in [1.165, 1.54) is 42.2 Å². The van der Waals surface area contributed by atoms with E-state index in [0.717, 1.165) is 0 Å². The number of sulfonamides is 1. The molecule has 98 valence electrons. The summed E-state index contributed by atoms with van der Waals surface area (Å²) in [6.45, 7) is 0. The van der Waals surface area contributed by atoms with Gasteiger partial charge in [-0.2, -0.15) is 18.8 Å². The van der Waals surface area contributed by atoms with Gasteiger partial charge in [0.1, 0.15) is 0 Å². The molecule has 7 nitrogen and oxygen atoms in total. The Kier molecular flexibility index (Phi) is 3.14. The van der Waals surface area contributed by atoms with Gasteiger partial charge in [0.15, 0.2) is 5.03 Å². The predicted octanol–water partition coefficient (Wildman–Crippen LogP) is 0.675. The average Bonchev–Trinajstić information content (AvgIpc) is 2.79. The zero-order chi connectivity index (χ0) is 14.0. The van der Waals surface area contributed by atoms with Crippen molar-refractivity contribution < 1.29 is 8.42 Å². The summed E-state index contributed by atoms with van der Waals surface area (Å²) in [5.74, 6) is 0. The molecule has 0 amide bonds. The molecule has 0 atom stereocenters. The summed E-state index contributed by atoms with van der Waals surface area (Å²) >= 11 is 0. The second-order valence-electron chi connectivity index (χ2n) is 3.81. The number of aryl methyl sites for hydroxylation is 1. The average molecular weight is 277 g/mol. The molecule has 2 rings (SSSR count). The maximum Gasteiger partial charge on any atom is 0.279 e. The predicted molar refractivity (Wildman–Crippen MR) is 69.6 cm³/mol. The van der Waals surface area contributed by atoms with Crippen molar-refractivity contribution in [3.8, 4) is 6.07 Å². The molecule has 19 heavy (non-hydrogen) atoms. The van der Waals surface area contributed by atoms with Gasteiger partial charge >= 0.3 is 0 Å². The number of aromatic nitrogens is 2. The van der Waals surface area contributed by atoms with Crippen LogP contribution in [0, 0.1) is 11.3 Å². The molecular weight excluding hydrogens is 266 g/mol. The minimum absolute atomic E-state index is 0.0243. The molecule has 0 aliphatic rings. The highest BCUT2D eigenvalue weighted by atomic mass is 32.2. The van der Waals surface area contributed by atoms with Crippen LogP contribution < -0.4 is 10.5 Å². The SMILES string of the molecule is Cn1nccc1S(=O)(=O)Nc1ccc(C#N)cc1N. The number of rotatable bonds is 3. The van der Waals surface area contributed by atoms with Crippen molar-refractivity contribution in [2.75, 3.05) is 10.5 Å². The van der Waals surface area contributed by atoms with Crippen LogP contribution in [-0.4, -0.2) is 18.2 Å². The van der Waals surface area contributed by atoms with Gasteiger partial charge in [-0.3, -0.25) is 9.40 Å². The highest BCUT2D eigenvalue weighted by molar-refractivity contribution is 7.92. The van der Waals surface area contributed by atoms with Gasteiger partial charge in [-0.1, -0.05) is 0 Å². The molecule has 8 heteroatoms. The second-order valence-corrected chi connectivity index (χ2v) is 5.44. The Labute approximate surface area is 110 Å². The fraction of sp³-hybridized carbons (Fsp3) is 0.0909. The normalized spacial score (nSPS) is 10.9. The molecule has 0 fully saturated rings. The third-order valence-electron chi connectivity index (χ3n) is 2.48. The third-order valence-corrected chi connectivity index (χ3v) is 3.92. The minimum Gasteiger partial charge on any atom is -0.397 e. The van der Waals surface area contributed by atoms with Crippen molar-refractivity contribution in [2.45, 2.75) is 5.03 Å². The van der Waals surface area contributed by atoms with Crippen molar-refractivity contribution in [3.63, 3.8) is 0 Å². The van der Waals surface area contributed by atoms with Crippen LogP contribution in [0.5, 0.6) is 0 Å². The summed E-state index contributed by atoms with van der Waals surface area (Å²) in [5, 5.41) is 12.5. The quantitative estimate of drug-likeness (QED) is 0.800. The van der Waals surface area contributed by atoms with Crippen LogP contribution in [0.1, 0.15) is 5.56 Å². The smallest absolute Gasteiger partial charge is 0.279 e. The number of hydrogen-bond acceptors (Lipinski definition) is 5.